The Balaban J connectivity index is 1.50. The average Bonchev–Trinajstić information content (AvgIpc) is 3.17. The van der Waals surface area contributed by atoms with Gasteiger partial charge in [-0.05, 0) is 48.9 Å². The Kier molecular flexibility index (Phi) is 5.49. The minimum absolute atomic E-state index is 0.165. The van der Waals surface area contributed by atoms with Crippen LogP contribution in [0.4, 0.5) is 11.4 Å². The zero-order valence-electron chi connectivity index (χ0n) is 20.7. The Morgan fingerprint density at radius 3 is 2.49 bits per heavy atom. The predicted molar refractivity (Wildman–Crippen MR) is 146 cm³/mol. The van der Waals surface area contributed by atoms with Gasteiger partial charge in [-0.1, -0.05) is 59.9 Å². The molecule has 3 aromatic carbocycles. The summed E-state index contributed by atoms with van der Waals surface area (Å²) in [6.45, 7) is 1.82. The molecule has 3 atom stereocenters. The first-order valence-electron chi connectivity index (χ1n) is 12.1. The van der Waals surface area contributed by atoms with Crippen LogP contribution in [0.5, 0.6) is 5.75 Å². The van der Waals surface area contributed by atoms with Crippen molar-refractivity contribution >= 4 is 34.7 Å². The van der Waals surface area contributed by atoms with Crippen molar-refractivity contribution in [2.75, 3.05) is 24.3 Å². The monoisotopic (exact) mass is 510 g/mol. The number of nitrogens with zero attached hydrogens (tertiary/aromatic N) is 3. The highest BCUT2D eigenvalue weighted by Crippen LogP contribution is 2.47. The van der Waals surface area contributed by atoms with E-state index in [4.69, 9.17) is 9.73 Å². The Hall–Kier alpha value is -4.17. The molecule has 4 aromatic rings. The second-order valence-electron chi connectivity index (χ2n) is 9.64. The molecule has 8 heteroatoms. The number of benzene rings is 3. The molecule has 0 saturated heterocycles. The van der Waals surface area contributed by atoms with Gasteiger partial charge >= 0.3 is 0 Å². The summed E-state index contributed by atoms with van der Waals surface area (Å²) >= 11 is 1.32. The molecule has 2 aliphatic rings. The maximum absolute atomic E-state index is 13.8. The summed E-state index contributed by atoms with van der Waals surface area (Å²) in [6.07, 6.45) is 1.88. The van der Waals surface area contributed by atoms with Gasteiger partial charge in [0, 0.05) is 31.0 Å². The summed E-state index contributed by atoms with van der Waals surface area (Å²) in [7, 11) is 3.98. The molecule has 0 unspecified atom stereocenters. The van der Waals surface area contributed by atoms with E-state index < -0.39 is 17.7 Å². The fourth-order valence-electron chi connectivity index (χ4n) is 5.10. The molecule has 6 rings (SSSR count). The topological polar surface area (TPSA) is 75.9 Å². The van der Waals surface area contributed by atoms with Gasteiger partial charge in [-0.2, -0.15) is 0 Å². The van der Waals surface area contributed by atoms with Gasteiger partial charge in [-0.3, -0.25) is 14.2 Å². The SMILES string of the molecule is CN(C)c1ccc(/C=c2\sc3n(c2=O)[C@@H]2c4ccccc4O[C@](C)(N=3)[C@@H]2C(=O)Nc2ccccc2)cc1. The number of fused-ring (bicyclic) bond motifs is 6. The number of ether oxygens (including phenoxy) is 1. The summed E-state index contributed by atoms with van der Waals surface area (Å²) in [5, 5.41) is 3.00. The molecule has 7 nitrogen and oxygen atoms in total. The average molecular weight is 511 g/mol. The summed E-state index contributed by atoms with van der Waals surface area (Å²) in [6, 6.07) is 24.3. The fourth-order valence-corrected chi connectivity index (χ4v) is 6.20. The molecule has 0 spiro atoms. The Bertz CT molecular complexity index is 1670. The van der Waals surface area contributed by atoms with Crippen LogP contribution in [-0.2, 0) is 4.79 Å². The molecule has 0 saturated carbocycles. The second-order valence-corrected chi connectivity index (χ2v) is 10.6. The maximum Gasteiger partial charge on any atom is 0.270 e. The van der Waals surface area contributed by atoms with Crippen molar-refractivity contribution in [2.45, 2.75) is 18.7 Å². The number of amides is 1. The van der Waals surface area contributed by atoms with Crippen LogP contribution in [0.2, 0.25) is 0 Å². The van der Waals surface area contributed by atoms with Gasteiger partial charge in [-0.25, -0.2) is 4.99 Å². The van der Waals surface area contributed by atoms with Gasteiger partial charge in [0.05, 0.1) is 10.6 Å². The Morgan fingerprint density at radius 1 is 1.05 bits per heavy atom. The quantitative estimate of drug-likeness (QED) is 0.457. The van der Waals surface area contributed by atoms with Gasteiger partial charge < -0.3 is 15.0 Å². The Morgan fingerprint density at radius 2 is 1.76 bits per heavy atom. The molecule has 186 valence electrons. The van der Waals surface area contributed by atoms with Crippen LogP contribution in [0.15, 0.2) is 88.6 Å². The summed E-state index contributed by atoms with van der Waals surface area (Å²) in [5.74, 6) is -0.351. The highest BCUT2D eigenvalue weighted by atomic mass is 32.1. The lowest BCUT2D eigenvalue weighted by Crippen LogP contribution is -2.59. The van der Waals surface area contributed by atoms with Crippen LogP contribution in [0.25, 0.3) is 6.08 Å². The van der Waals surface area contributed by atoms with E-state index in [1.807, 2.05) is 111 Å². The molecule has 0 fully saturated rings. The summed E-state index contributed by atoms with van der Waals surface area (Å²) in [5.41, 5.74) is 2.15. The lowest BCUT2D eigenvalue weighted by atomic mass is 9.80. The number of para-hydroxylation sites is 2. The molecular formula is C29H26N4O3S. The van der Waals surface area contributed by atoms with E-state index in [1.165, 1.54) is 11.3 Å². The van der Waals surface area contributed by atoms with E-state index in [9.17, 15) is 9.59 Å². The highest BCUT2D eigenvalue weighted by Gasteiger charge is 2.55. The molecule has 0 aliphatic carbocycles. The number of anilines is 2. The number of rotatable bonds is 4. The molecule has 1 aromatic heterocycles. The molecule has 1 N–H and O–H groups in total. The lowest BCUT2D eigenvalue weighted by molar-refractivity contribution is -0.131. The van der Waals surface area contributed by atoms with E-state index in [-0.39, 0.29) is 11.5 Å². The van der Waals surface area contributed by atoms with Crippen molar-refractivity contribution in [2.24, 2.45) is 10.9 Å². The largest absolute Gasteiger partial charge is 0.465 e. The van der Waals surface area contributed by atoms with Crippen molar-refractivity contribution in [1.29, 1.82) is 0 Å². The van der Waals surface area contributed by atoms with Gasteiger partial charge in [-0.15, -0.1) is 0 Å². The molecule has 2 aliphatic heterocycles. The predicted octanol–water partition coefficient (Wildman–Crippen LogP) is 3.39. The number of thiazole rings is 1. The summed E-state index contributed by atoms with van der Waals surface area (Å²) in [4.78, 5) is 35.0. The molecule has 37 heavy (non-hydrogen) atoms. The third-order valence-electron chi connectivity index (χ3n) is 6.91. The molecule has 3 heterocycles. The zero-order chi connectivity index (χ0) is 25.7. The van der Waals surface area contributed by atoms with E-state index in [2.05, 4.69) is 5.32 Å². The molecular weight excluding hydrogens is 484 g/mol. The molecule has 1 amide bonds. The number of carbonyl (C=O) groups excluding carboxylic acids is 1. The van der Waals surface area contributed by atoms with E-state index >= 15 is 0 Å². The van der Waals surface area contributed by atoms with E-state index in [0.717, 1.165) is 16.8 Å². The second kappa shape index (κ2) is 8.74. The van der Waals surface area contributed by atoms with Crippen molar-refractivity contribution in [1.82, 2.24) is 4.57 Å². The number of hydrogen-bond acceptors (Lipinski definition) is 6. The minimum Gasteiger partial charge on any atom is -0.465 e. The lowest BCUT2D eigenvalue weighted by Gasteiger charge is -2.45. The smallest absolute Gasteiger partial charge is 0.270 e. The van der Waals surface area contributed by atoms with Gasteiger partial charge in [0.1, 0.15) is 11.7 Å². The first-order chi connectivity index (χ1) is 17.8. The molecule has 2 bridgehead atoms. The van der Waals surface area contributed by atoms with E-state index in [0.29, 0.717) is 20.8 Å². The first-order valence-corrected chi connectivity index (χ1v) is 12.9. The minimum atomic E-state index is -1.17. The van der Waals surface area contributed by atoms with Crippen molar-refractivity contribution in [3.63, 3.8) is 0 Å². The van der Waals surface area contributed by atoms with Crippen molar-refractivity contribution in [3.05, 3.63) is 110 Å². The van der Waals surface area contributed by atoms with E-state index in [1.54, 1.807) is 4.57 Å². The van der Waals surface area contributed by atoms with Crippen LogP contribution < -0.4 is 29.8 Å². The maximum atomic E-state index is 13.8. The van der Waals surface area contributed by atoms with Crippen LogP contribution in [-0.4, -0.2) is 30.3 Å². The third kappa shape index (κ3) is 3.94. The summed E-state index contributed by atoms with van der Waals surface area (Å²) < 4.78 is 8.60. The first kappa shape index (κ1) is 23.2. The van der Waals surface area contributed by atoms with Crippen LogP contribution >= 0.6 is 11.3 Å². The zero-order valence-corrected chi connectivity index (χ0v) is 21.5. The number of aromatic nitrogens is 1. The van der Waals surface area contributed by atoms with Gasteiger partial charge in [0.25, 0.3) is 5.56 Å². The van der Waals surface area contributed by atoms with Crippen molar-refractivity contribution < 1.29 is 9.53 Å². The molecule has 0 radical (unpaired) electrons. The number of carbonyl (C=O) groups is 1. The standard InChI is InChI=1S/C29H26N4O3S/c1-29-24(26(34)30-19-9-5-4-6-10-19)25(21-11-7-8-12-22(21)36-29)33-27(35)23(37-28(33)31-29)17-18-13-15-20(16-14-18)32(2)3/h4-17,24-25H,1-3H3,(H,30,34)/b23-17-/t24-,25+,29-/m0/s1. The third-order valence-corrected chi connectivity index (χ3v) is 7.89. The van der Waals surface area contributed by atoms with Gasteiger partial charge in [0.2, 0.25) is 11.6 Å². The highest BCUT2D eigenvalue weighted by molar-refractivity contribution is 7.07. The fraction of sp³-hybridized carbons (Fsp3) is 0.207. The van der Waals surface area contributed by atoms with Crippen LogP contribution in [0.1, 0.15) is 24.1 Å². The number of nitrogens with one attached hydrogen (secondary N) is 1. The Labute approximate surface area is 218 Å². The van der Waals surface area contributed by atoms with Gasteiger partial charge in [0.15, 0.2) is 4.80 Å². The van der Waals surface area contributed by atoms with Crippen LogP contribution in [0, 0.1) is 5.92 Å². The van der Waals surface area contributed by atoms with Crippen molar-refractivity contribution in [3.8, 4) is 5.75 Å². The number of hydrogen-bond donors (Lipinski definition) is 1. The van der Waals surface area contributed by atoms with Crippen LogP contribution in [0.3, 0.4) is 0 Å². The normalized spacial score (nSPS) is 21.8.